The molecule has 1 fully saturated rings. The molecule has 1 unspecified atom stereocenters. The van der Waals surface area contributed by atoms with Gasteiger partial charge in [-0.05, 0) is 31.0 Å². The van der Waals surface area contributed by atoms with Crippen molar-refractivity contribution in [1.82, 2.24) is 4.31 Å². The Hall–Kier alpha value is -1.34. The standard InChI is InChI=1S/C13H14F3N3O2S.ClH/c14-13(15,16)12-4-3-11(6-9(12)7-17)22(20,21)19-5-1-2-10(18)8-19;/h3-4,6,10H,1-2,5,8,18H2;1H. The molecule has 1 aliphatic rings. The maximum Gasteiger partial charge on any atom is 0.417 e. The van der Waals surface area contributed by atoms with Crippen molar-refractivity contribution >= 4 is 22.4 Å². The molecule has 0 bridgehead atoms. The van der Waals surface area contributed by atoms with E-state index in [1.807, 2.05) is 0 Å². The fourth-order valence-corrected chi connectivity index (χ4v) is 3.93. The van der Waals surface area contributed by atoms with E-state index in [1.54, 1.807) is 0 Å². The first-order valence-corrected chi connectivity index (χ1v) is 7.97. The number of rotatable bonds is 2. The highest BCUT2D eigenvalue weighted by molar-refractivity contribution is 7.89. The van der Waals surface area contributed by atoms with Crippen LogP contribution < -0.4 is 5.73 Å². The number of nitrogens with two attached hydrogens (primary N) is 1. The Labute approximate surface area is 138 Å². The van der Waals surface area contributed by atoms with Crippen LogP contribution in [0.25, 0.3) is 0 Å². The van der Waals surface area contributed by atoms with Gasteiger partial charge in [-0.3, -0.25) is 0 Å². The molecule has 2 rings (SSSR count). The van der Waals surface area contributed by atoms with E-state index in [1.165, 1.54) is 6.07 Å². The van der Waals surface area contributed by atoms with E-state index < -0.39 is 27.3 Å². The number of benzene rings is 1. The molecule has 10 heteroatoms. The van der Waals surface area contributed by atoms with E-state index in [2.05, 4.69) is 0 Å². The maximum atomic E-state index is 12.7. The summed E-state index contributed by atoms with van der Waals surface area (Å²) in [5, 5.41) is 8.85. The molecular formula is C13H15ClF3N3O2S. The Morgan fingerprint density at radius 1 is 1.35 bits per heavy atom. The van der Waals surface area contributed by atoms with E-state index in [-0.39, 0.29) is 36.4 Å². The van der Waals surface area contributed by atoms with Gasteiger partial charge >= 0.3 is 6.18 Å². The van der Waals surface area contributed by atoms with Gasteiger partial charge in [-0.2, -0.15) is 22.7 Å². The molecule has 0 spiro atoms. The highest BCUT2D eigenvalue weighted by atomic mass is 35.5. The summed E-state index contributed by atoms with van der Waals surface area (Å²) in [7, 11) is -3.95. The Bertz CT molecular complexity index is 716. The normalized spacial score (nSPS) is 19.7. The summed E-state index contributed by atoms with van der Waals surface area (Å²) in [6.45, 7) is 0.379. The van der Waals surface area contributed by atoms with Crippen molar-refractivity contribution in [2.45, 2.75) is 30.0 Å². The first-order valence-electron chi connectivity index (χ1n) is 6.53. The van der Waals surface area contributed by atoms with Gasteiger partial charge in [0.2, 0.25) is 10.0 Å². The molecule has 128 valence electrons. The Morgan fingerprint density at radius 3 is 2.52 bits per heavy atom. The molecule has 1 saturated heterocycles. The summed E-state index contributed by atoms with van der Waals surface area (Å²) in [5.74, 6) is 0. The van der Waals surface area contributed by atoms with Gasteiger partial charge in [-0.25, -0.2) is 8.42 Å². The number of nitrogens with zero attached hydrogens (tertiary/aromatic N) is 2. The molecule has 0 aliphatic carbocycles. The fraction of sp³-hybridized carbons (Fsp3) is 0.462. The van der Waals surface area contributed by atoms with Gasteiger partial charge in [0.25, 0.3) is 0 Å². The van der Waals surface area contributed by atoms with E-state index in [0.717, 1.165) is 16.4 Å². The number of piperidine rings is 1. The average molecular weight is 370 g/mol. The van der Waals surface area contributed by atoms with Crippen LogP contribution in [0, 0.1) is 11.3 Å². The summed E-state index contributed by atoms with van der Waals surface area (Å²) in [6, 6.07) is 3.36. The summed E-state index contributed by atoms with van der Waals surface area (Å²) in [5.41, 5.74) is 3.87. The zero-order chi connectivity index (χ0) is 16.5. The quantitative estimate of drug-likeness (QED) is 0.864. The zero-order valence-electron chi connectivity index (χ0n) is 11.9. The van der Waals surface area contributed by atoms with Gasteiger partial charge < -0.3 is 5.73 Å². The van der Waals surface area contributed by atoms with Gasteiger partial charge in [0.1, 0.15) is 0 Å². The first kappa shape index (κ1) is 19.7. The number of sulfonamides is 1. The summed E-state index contributed by atoms with van der Waals surface area (Å²) >= 11 is 0. The second kappa shape index (κ2) is 7.05. The third-order valence-corrected chi connectivity index (χ3v) is 5.34. The van der Waals surface area contributed by atoms with Crippen LogP contribution in [0.2, 0.25) is 0 Å². The lowest BCUT2D eigenvalue weighted by Crippen LogP contribution is -2.45. The predicted molar refractivity (Wildman–Crippen MR) is 79.4 cm³/mol. The monoisotopic (exact) mass is 369 g/mol. The largest absolute Gasteiger partial charge is 0.417 e. The van der Waals surface area contributed by atoms with Crippen LogP contribution in [0.3, 0.4) is 0 Å². The van der Waals surface area contributed by atoms with Crippen molar-refractivity contribution in [2.24, 2.45) is 5.73 Å². The molecule has 1 aliphatic heterocycles. The van der Waals surface area contributed by atoms with Crippen molar-refractivity contribution in [2.75, 3.05) is 13.1 Å². The summed E-state index contributed by atoms with van der Waals surface area (Å²) in [4.78, 5) is -0.328. The third-order valence-electron chi connectivity index (χ3n) is 3.48. The number of nitriles is 1. The minimum atomic E-state index is -4.71. The second-order valence-corrected chi connectivity index (χ2v) is 7.02. The van der Waals surface area contributed by atoms with Crippen molar-refractivity contribution in [3.05, 3.63) is 29.3 Å². The summed E-state index contributed by atoms with van der Waals surface area (Å²) in [6.07, 6.45) is -3.42. The molecule has 2 N–H and O–H groups in total. The van der Waals surface area contributed by atoms with E-state index >= 15 is 0 Å². The highest BCUT2D eigenvalue weighted by Gasteiger charge is 2.35. The molecule has 0 radical (unpaired) electrons. The average Bonchev–Trinajstić information content (AvgIpc) is 2.45. The van der Waals surface area contributed by atoms with E-state index in [4.69, 9.17) is 11.0 Å². The lowest BCUT2D eigenvalue weighted by Gasteiger charge is -2.30. The second-order valence-electron chi connectivity index (χ2n) is 5.08. The smallest absolute Gasteiger partial charge is 0.327 e. The van der Waals surface area contributed by atoms with E-state index in [0.29, 0.717) is 18.9 Å². The van der Waals surface area contributed by atoms with E-state index in [9.17, 15) is 21.6 Å². The molecule has 0 saturated carbocycles. The van der Waals surface area contributed by atoms with Gasteiger partial charge in [0.15, 0.2) is 0 Å². The molecular weight excluding hydrogens is 355 g/mol. The SMILES string of the molecule is Cl.N#Cc1cc(S(=O)(=O)N2CCCC(N)C2)ccc1C(F)(F)F. The van der Waals surface area contributed by atoms with Crippen LogP contribution in [0.4, 0.5) is 13.2 Å². The van der Waals surface area contributed by atoms with Crippen LogP contribution in [-0.2, 0) is 16.2 Å². The number of halogens is 4. The Balaban J connectivity index is 0.00000264. The van der Waals surface area contributed by atoms with Crippen molar-refractivity contribution < 1.29 is 21.6 Å². The zero-order valence-corrected chi connectivity index (χ0v) is 13.5. The highest BCUT2D eigenvalue weighted by Crippen LogP contribution is 2.33. The van der Waals surface area contributed by atoms with Gasteiger partial charge in [0.05, 0.1) is 22.1 Å². The maximum absolute atomic E-state index is 12.7. The molecule has 5 nitrogen and oxygen atoms in total. The van der Waals surface area contributed by atoms with Crippen molar-refractivity contribution in [1.29, 1.82) is 5.26 Å². The van der Waals surface area contributed by atoms with Crippen LogP contribution in [0.1, 0.15) is 24.0 Å². The van der Waals surface area contributed by atoms with Crippen LogP contribution in [0.5, 0.6) is 0 Å². The minimum absolute atomic E-state index is 0. The third kappa shape index (κ3) is 4.14. The predicted octanol–water partition coefficient (Wildman–Crippen LogP) is 2.11. The molecule has 1 aromatic carbocycles. The lowest BCUT2D eigenvalue weighted by atomic mass is 10.1. The van der Waals surface area contributed by atoms with Crippen molar-refractivity contribution in [3.63, 3.8) is 0 Å². The molecule has 1 heterocycles. The molecule has 1 aromatic rings. The molecule has 1 atom stereocenters. The van der Waals surface area contributed by atoms with Gasteiger partial charge in [-0.1, -0.05) is 0 Å². The number of alkyl halides is 3. The lowest BCUT2D eigenvalue weighted by molar-refractivity contribution is -0.137. The number of hydrogen-bond donors (Lipinski definition) is 1. The Morgan fingerprint density at radius 2 is 2.00 bits per heavy atom. The number of hydrogen-bond acceptors (Lipinski definition) is 4. The first-order chi connectivity index (χ1) is 10.2. The van der Waals surface area contributed by atoms with Crippen LogP contribution >= 0.6 is 12.4 Å². The minimum Gasteiger partial charge on any atom is -0.327 e. The van der Waals surface area contributed by atoms with Crippen LogP contribution in [-0.4, -0.2) is 31.9 Å². The van der Waals surface area contributed by atoms with Gasteiger partial charge in [-0.15, -0.1) is 12.4 Å². The molecule has 0 amide bonds. The topological polar surface area (TPSA) is 87.2 Å². The van der Waals surface area contributed by atoms with Gasteiger partial charge in [0, 0.05) is 19.1 Å². The Kier molecular flexibility index (Phi) is 6.04. The summed E-state index contributed by atoms with van der Waals surface area (Å²) < 4.78 is 64.3. The molecule has 0 aromatic heterocycles. The molecule has 23 heavy (non-hydrogen) atoms. The van der Waals surface area contributed by atoms with Crippen molar-refractivity contribution in [3.8, 4) is 6.07 Å². The fourth-order valence-electron chi connectivity index (χ4n) is 2.36. The van der Waals surface area contributed by atoms with Crippen LogP contribution in [0.15, 0.2) is 23.1 Å².